The van der Waals surface area contributed by atoms with Crippen molar-refractivity contribution in [1.29, 1.82) is 0 Å². The van der Waals surface area contributed by atoms with E-state index >= 15 is 0 Å². The zero-order chi connectivity index (χ0) is 14.4. The van der Waals surface area contributed by atoms with Gasteiger partial charge in [0, 0.05) is 16.7 Å². The smallest absolute Gasteiger partial charge is 0.274 e. The third kappa shape index (κ3) is 1.66. The molecule has 1 aliphatic rings. The normalized spacial score (nSPS) is 12.1. The zero-order valence-electron chi connectivity index (χ0n) is 11.0. The van der Waals surface area contributed by atoms with Crippen LogP contribution < -0.4 is 5.56 Å². The van der Waals surface area contributed by atoms with Gasteiger partial charge < -0.3 is 4.98 Å². The van der Waals surface area contributed by atoms with Crippen LogP contribution in [0.15, 0.2) is 59.4 Å². The Bertz CT molecular complexity index is 927. The molecule has 0 saturated carbocycles. The Balaban J connectivity index is 1.99. The van der Waals surface area contributed by atoms with Crippen molar-refractivity contribution in [3.05, 3.63) is 76.2 Å². The van der Waals surface area contributed by atoms with Gasteiger partial charge in [-0.05, 0) is 0 Å². The van der Waals surface area contributed by atoms with Crippen molar-refractivity contribution < 1.29 is 4.79 Å². The molecule has 2 aromatic carbocycles. The highest BCUT2D eigenvalue weighted by atomic mass is 16.1. The molecule has 4 rings (SSSR count). The molecule has 4 nitrogen and oxygen atoms in total. The number of carbonyl (C=O) groups is 1. The van der Waals surface area contributed by atoms with Gasteiger partial charge in [-0.25, -0.2) is 4.98 Å². The van der Waals surface area contributed by atoms with E-state index in [1.54, 1.807) is 24.3 Å². The second kappa shape index (κ2) is 4.24. The summed E-state index contributed by atoms with van der Waals surface area (Å²) in [5.41, 5.74) is 2.84. The number of benzene rings is 2. The lowest BCUT2D eigenvalue weighted by Gasteiger charge is -2.03. The van der Waals surface area contributed by atoms with Crippen LogP contribution in [0.2, 0.25) is 0 Å². The van der Waals surface area contributed by atoms with E-state index < -0.39 is 0 Å². The number of hydrogen-bond acceptors (Lipinski definition) is 3. The number of aromatic nitrogens is 2. The molecule has 1 heterocycles. The Labute approximate surface area is 120 Å². The fourth-order valence-corrected chi connectivity index (χ4v) is 2.63. The molecule has 1 aromatic heterocycles. The minimum absolute atomic E-state index is 0.144. The summed E-state index contributed by atoms with van der Waals surface area (Å²) in [4.78, 5) is 31.8. The van der Waals surface area contributed by atoms with Crippen LogP contribution in [0.5, 0.6) is 0 Å². The van der Waals surface area contributed by atoms with Crippen LogP contribution in [0.1, 0.15) is 16.1 Å². The van der Waals surface area contributed by atoms with E-state index in [1.807, 2.05) is 30.3 Å². The summed E-state index contributed by atoms with van der Waals surface area (Å²) in [6.07, 6.45) is 0. The fourth-order valence-electron chi connectivity index (χ4n) is 2.63. The second-order valence-corrected chi connectivity index (χ2v) is 4.88. The molecule has 0 amide bonds. The van der Waals surface area contributed by atoms with Crippen LogP contribution in [0.25, 0.3) is 22.5 Å². The van der Waals surface area contributed by atoms with E-state index in [0.29, 0.717) is 22.5 Å². The van der Waals surface area contributed by atoms with Gasteiger partial charge in [-0.3, -0.25) is 9.59 Å². The molecule has 0 fully saturated rings. The van der Waals surface area contributed by atoms with E-state index in [2.05, 4.69) is 9.97 Å². The quantitative estimate of drug-likeness (QED) is 0.580. The molecule has 0 saturated heterocycles. The van der Waals surface area contributed by atoms with Crippen molar-refractivity contribution in [2.75, 3.05) is 0 Å². The minimum atomic E-state index is -0.288. The van der Waals surface area contributed by atoms with Crippen molar-refractivity contribution in [2.24, 2.45) is 0 Å². The summed E-state index contributed by atoms with van der Waals surface area (Å²) in [6.45, 7) is 0. The number of ketones is 1. The average Bonchev–Trinajstić information content (AvgIpc) is 2.80. The first kappa shape index (κ1) is 11.8. The molecule has 100 valence electrons. The SMILES string of the molecule is O=C1c2ccccc2-c2[nH]c(=O)c(-c3ccccc3)nc21. The summed E-state index contributed by atoms with van der Waals surface area (Å²) in [5.74, 6) is -0.144. The van der Waals surface area contributed by atoms with Crippen LogP contribution in [0.3, 0.4) is 0 Å². The van der Waals surface area contributed by atoms with Gasteiger partial charge in [0.25, 0.3) is 5.56 Å². The molecule has 0 radical (unpaired) electrons. The minimum Gasteiger partial charge on any atom is -0.318 e. The standard InChI is InChI=1S/C17H10N2O2/c20-16-12-9-5-4-8-11(12)14-15(16)18-13(17(21)19-14)10-6-2-1-3-7-10/h1-9H,(H,19,21). The van der Waals surface area contributed by atoms with E-state index in [-0.39, 0.29) is 17.0 Å². The summed E-state index contributed by atoms with van der Waals surface area (Å²) >= 11 is 0. The van der Waals surface area contributed by atoms with Crippen LogP contribution in [-0.2, 0) is 0 Å². The maximum Gasteiger partial charge on any atom is 0.274 e. The summed E-state index contributed by atoms with van der Waals surface area (Å²) in [7, 11) is 0. The summed E-state index contributed by atoms with van der Waals surface area (Å²) < 4.78 is 0. The first-order valence-corrected chi connectivity index (χ1v) is 6.59. The Morgan fingerprint density at radius 1 is 0.762 bits per heavy atom. The van der Waals surface area contributed by atoms with Gasteiger partial charge in [0.1, 0.15) is 11.4 Å². The monoisotopic (exact) mass is 274 g/mol. The van der Waals surface area contributed by atoms with Crippen molar-refractivity contribution in [3.8, 4) is 22.5 Å². The first-order chi connectivity index (χ1) is 10.3. The topological polar surface area (TPSA) is 62.8 Å². The number of H-pyrrole nitrogens is 1. The van der Waals surface area contributed by atoms with Gasteiger partial charge in [0.05, 0.1) is 5.69 Å². The highest BCUT2D eigenvalue weighted by molar-refractivity contribution is 6.19. The van der Waals surface area contributed by atoms with Crippen molar-refractivity contribution in [1.82, 2.24) is 9.97 Å². The van der Waals surface area contributed by atoms with E-state index in [9.17, 15) is 9.59 Å². The van der Waals surface area contributed by atoms with Crippen molar-refractivity contribution in [3.63, 3.8) is 0 Å². The molecule has 0 spiro atoms. The lowest BCUT2D eigenvalue weighted by atomic mass is 10.1. The van der Waals surface area contributed by atoms with E-state index in [1.165, 1.54) is 0 Å². The van der Waals surface area contributed by atoms with Gasteiger partial charge in [-0.2, -0.15) is 0 Å². The molecule has 21 heavy (non-hydrogen) atoms. The molecule has 0 unspecified atom stereocenters. The number of nitrogens with zero attached hydrogens (tertiary/aromatic N) is 1. The van der Waals surface area contributed by atoms with Gasteiger partial charge in [-0.15, -0.1) is 0 Å². The van der Waals surface area contributed by atoms with Crippen LogP contribution in [-0.4, -0.2) is 15.8 Å². The van der Waals surface area contributed by atoms with Crippen LogP contribution >= 0.6 is 0 Å². The lowest BCUT2D eigenvalue weighted by molar-refractivity contribution is 0.103. The van der Waals surface area contributed by atoms with E-state index in [0.717, 1.165) is 5.56 Å². The third-order valence-electron chi connectivity index (χ3n) is 3.62. The molecular weight excluding hydrogens is 264 g/mol. The van der Waals surface area contributed by atoms with Gasteiger partial charge in [-0.1, -0.05) is 54.6 Å². The molecule has 4 heteroatoms. The second-order valence-electron chi connectivity index (χ2n) is 4.88. The van der Waals surface area contributed by atoms with Gasteiger partial charge >= 0.3 is 0 Å². The highest BCUT2D eigenvalue weighted by Gasteiger charge is 2.29. The van der Waals surface area contributed by atoms with Gasteiger partial charge in [0.15, 0.2) is 0 Å². The first-order valence-electron chi connectivity index (χ1n) is 6.59. The molecule has 0 aliphatic heterocycles. The number of fused-ring (bicyclic) bond motifs is 3. The maximum absolute atomic E-state index is 12.4. The predicted molar refractivity (Wildman–Crippen MR) is 79.2 cm³/mol. The Morgan fingerprint density at radius 2 is 1.43 bits per heavy atom. The van der Waals surface area contributed by atoms with E-state index in [4.69, 9.17) is 0 Å². The van der Waals surface area contributed by atoms with Crippen LogP contribution in [0, 0.1) is 0 Å². The average molecular weight is 274 g/mol. The number of carbonyl (C=O) groups excluding carboxylic acids is 1. The summed E-state index contributed by atoms with van der Waals surface area (Å²) in [5, 5.41) is 0. The number of aromatic amines is 1. The molecule has 3 aromatic rings. The number of nitrogens with one attached hydrogen (secondary N) is 1. The fraction of sp³-hybridized carbons (Fsp3) is 0. The maximum atomic E-state index is 12.4. The zero-order valence-corrected chi connectivity index (χ0v) is 11.0. The Morgan fingerprint density at radius 3 is 2.19 bits per heavy atom. The highest BCUT2D eigenvalue weighted by Crippen LogP contribution is 2.33. The molecule has 0 atom stereocenters. The third-order valence-corrected chi connectivity index (χ3v) is 3.62. The molecule has 1 N–H and O–H groups in total. The lowest BCUT2D eigenvalue weighted by Crippen LogP contribution is -2.15. The Hall–Kier alpha value is -3.01. The predicted octanol–water partition coefficient (Wildman–Crippen LogP) is 2.65. The summed E-state index contributed by atoms with van der Waals surface area (Å²) in [6, 6.07) is 16.3. The van der Waals surface area contributed by atoms with Crippen LogP contribution in [0.4, 0.5) is 0 Å². The van der Waals surface area contributed by atoms with Crippen molar-refractivity contribution in [2.45, 2.75) is 0 Å². The number of rotatable bonds is 1. The molecular formula is C17H10N2O2. The van der Waals surface area contributed by atoms with Gasteiger partial charge in [0.2, 0.25) is 5.78 Å². The number of hydrogen-bond donors (Lipinski definition) is 1. The molecule has 1 aliphatic carbocycles. The Kier molecular flexibility index (Phi) is 2.38. The largest absolute Gasteiger partial charge is 0.318 e. The van der Waals surface area contributed by atoms with Crippen molar-refractivity contribution >= 4 is 5.78 Å². The molecule has 0 bridgehead atoms.